The fourth-order valence-electron chi connectivity index (χ4n) is 4.36. The molecule has 2 aliphatic heterocycles. The van der Waals surface area contributed by atoms with Crippen molar-refractivity contribution < 1.29 is 19.5 Å². The molecule has 0 aromatic carbocycles. The molecule has 1 N–H and O–H groups in total. The quantitative estimate of drug-likeness (QED) is 0.859. The average Bonchev–Trinajstić information content (AvgIpc) is 2.89. The number of carboxylic acids is 1. The van der Waals surface area contributed by atoms with Crippen molar-refractivity contribution in [2.75, 3.05) is 19.6 Å². The first-order chi connectivity index (χ1) is 12.6. The maximum Gasteiger partial charge on any atom is 0.326 e. The van der Waals surface area contributed by atoms with Crippen LogP contribution in [-0.4, -0.2) is 68.1 Å². The molecule has 8 heteroatoms. The molecule has 1 atom stereocenters. The van der Waals surface area contributed by atoms with Gasteiger partial charge < -0.3 is 14.9 Å². The van der Waals surface area contributed by atoms with Gasteiger partial charge in [0.15, 0.2) is 0 Å². The molecule has 148 valence electrons. The minimum Gasteiger partial charge on any atom is -0.480 e. The molecule has 1 aromatic heterocycles. The predicted molar refractivity (Wildman–Crippen MR) is 98.3 cm³/mol. The van der Waals surface area contributed by atoms with E-state index in [-0.39, 0.29) is 17.2 Å². The molecule has 2 aliphatic rings. The summed E-state index contributed by atoms with van der Waals surface area (Å²) in [4.78, 5) is 39.8. The minimum atomic E-state index is -0.976. The lowest BCUT2D eigenvalue weighted by Crippen LogP contribution is -2.55. The number of carbonyl (C=O) groups is 3. The Balaban J connectivity index is 1.70. The zero-order valence-corrected chi connectivity index (χ0v) is 16.5. The van der Waals surface area contributed by atoms with Crippen LogP contribution in [0.2, 0.25) is 0 Å². The summed E-state index contributed by atoms with van der Waals surface area (Å²) in [6, 6.07) is -0.810. The smallest absolute Gasteiger partial charge is 0.326 e. The van der Waals surface area contributed by atoms with E-state index < -0.39 is 12.0 Å². The molecule has 1 unspecified atom stereocenters. The van der Waals surface area contributed by atoms with Crippen LogP contribution in [0.1, 0.15) is 54.4 Å². The Hall–Kier alpha value is -2.38. The van der Waals surface area contributed by atoms with Gasteiger partial charge in [0.25, 0.3) is 5.91 Å². The number of likely N-dealkylation sites (tertiary alicyclic amines) is 2. The number of aromatic nitrogens is 2. The van der Waals surface area contributed by atoms with E-state index in [0.717, 1.165) is 30.7 Å². The van der Waals surface area contributed by atoms with Gasteiger partial charge in [-0.2, -0.15) is 5.10 Å². The van der Waals surface area contributed by atoms with Crippen LogP contribution in [0, 0.1) is 19.3 Å². The van der Waals surface area contributed by atoms with Gasteiger partial charge in [0.2, 0.25) is 5.91 Å². The van der Waals surface area contributed by atoms with Crippen molar-refractivity contribution >= 4 is 17.8 Å². The molecule has 3 rings (SSSR count). The predicted octanol–water partition coefficient (Wildman–Crippen LogP) is 1.35. The molecule has 2 saturated heterocycles. The molecule has 0 saturated carbocycles. The number of aryl methyl sites for hydroxylation is 2. The summed E-state index contributed by atoms with van der Waals surface area (Å²) in [6.45, 7) is 7.02. The second-order valence-electron chi connectivity index (χ2n) is 8.00. The van der Waals surface area contributed by atoms with E-state index in [9.17, 15) is 19.5 Å². The van der Waals surface area contributed by atoms with Crippen molar-refractivity contribution in [1.82, 2.24) is 19.6 Å². The number of nitrogens with zero attached hydrogens (tertiary/aromatic N) is 4. The zero-order valence-electron chi connectivity index (χ0n) is 16.5. The molecule has 1 spiro atoms. The van der Waals surface area contributed by atoms with Gasteiger partial charge in [-0.05, 0) is 45.4 Å². The minimum absolute atomic E-state index is 0.00981. The highest BCUT2D eigenvalue weighted by Crippen LogP contribution is 2.41. The van der Waals surface area contributed by atoms with Gasteiger partial charge in [-0.25, -0.2) is 4.79 Å². The van der Waals surface area contributed by atoms with Gasteiger partial charge in [0.1, 0.15) is 6.04 Å². The monoisotopic (exact) mass is 376 g/mol. The van der Waals surface area contributed by atoms with E-state index in [1.165, 1.54) is 4.90 Å². The normalized spacial score (nSPS) is 20.8. The van der Waals surface area contributed by atoms with Crippen LogP contribution < -0.4 is 0 Å². The van der Waals surface area contributed by atoms with E-state index in [2.05, 4.69) is 5.10 Å². The third-order valence-electron chi connectivity index (χ3n) is 6.35. The van der Waals surface area contributed by atoms with Crippen LogP contribution in [0.5, 0.6) is 0 Å². The Morgan fingerprint density at radius 2 is 1.81 bits per heavy atom. The van der Waals surface area contributed by atoms with Crippen molar-refractivity contribution in [1.29, 1.82) is 0 Å². The van der Waals surface area contributed by atoms with Crippen LogP contribution in [0.4, 0.5) is 0 Å². The summed E-state index contributed by atoms with van der Waals surface area (Å²) in [6.07, 6.45) is 2.72. The van der Waals surface area contributed by atoms with E-state index in [1.807, 2.05) is 25.8 Å². The molecular weight excluding hydrogens is 348 g/mol. The SMILES string of the molecule is Cc1nn(C)c(C)c1C(=O)N1CCC2(CCC(=O)N(C(C)C(=O)O)C2)CC1. The number of hydrogen-bond acceptors (Lipinski definition) is 4. The highest BCUT2D eigenvalue weighted by atomic mass is 16.4. The van der Waals surface area contributed by atoms with Gasteiger partial charge in [-0.3, -0.25) is 14.3 Å². The Bertz CT molecular complexity index is 777. The fourth-order valence-corrected chi connectivity index (χ4v) is 4.36. The number of piperidine rings is 2. The average molecular weight is 376 g/mol. The fraction of sp³-hybridized carbons (Fsp3) is 0.684. The molecule has 8 nitrogen and oxygen atoms in total. The maximum absolute atomic E-state index is 13.0. The Morgan fingerprint density at radius 3 is 2.33 bits per heavy atom. The van der Waals surface area contributed by atoms with Crippen LogP contribution in [0.3, 0.4) is 0 Å². The molecule has 0 radical (unpaired) electrons. The summed E-state index contributed by atoms with van der Waals surface area (Å²) in [5, 5.41) is 13.6. The van der Waals surface area contributed by atoms with Crippen LogP contribution in [0.15, 0.2) is 0 Å². The Kier molecular flexibility index (Phi) is 5.01. The topological polar surface area (TPSA) is 95.7 Å². The van der Waals surface area contributed by atoms with Crippen LogP contribution >= 0.6 is 0 Å². The molecule has 0 bridgehead atoms. The first-order valence-corrected chi connectivity index (χ1v) is 9.47. The summed E-state index contributed by atoms with van der Waals surface area (Å²) in [5.74, 6) is -1.05. The number of amides is 2. The molecular formula is C19H28N4O4. The Labute approximate surface area is 159 Å². The van der Waals surface area contributed by atoms with E-state index in [4.69, 9.17) is 0 Å². The Morgan fingerprint density at radius 1 is 1.19 bits per heavy atom. The summed E-state index contributed by atoms with van der Waals surface area (Å²) in [5.41, 5.74) is 2.19. The van der Waals surface area contributed by atoms with Gasteiger partial charge in [0, 0.05) is 38.8 Å². The van der Waals surface area contributed by atoms with Crippen molar-refractivity contribution in [3.63, 3.8) is 0 Å². The van der Waals surface area contributed by atoms with Crippen molar-refractivity contribution in [2.45, 2.75) is 52.5 Å². The third kappa shape index (κ3) is 3.44. The molecule has 2 fully saturated rings. The van der Waals surface area contributed by atoms with Crippen molar-refractivity contribution in [3.05, 3.63) is 17.0 Å². The lowest BCUT2D eigenvalue weighted by molar-refractivity contribution is -0.154. The number of carboxylic acid groups (broad SMARTS) is 1. The zero-order chi connectivity index (χ0) is 19.9. The lowest BCUT2D eigenvalue weighted by atomic mass is 9.72. The third-order valence-corrected chi connectivity index (χ3v) is 6.35. The number of carbonyl (C=O) groups excluding carboxylic acids is 2. The molecule has 3 heterocycles. The summed E-state index contributed by atoms with van der Waals surface area (Å²) >= 11 is 0. The van der Waals surface area contributed by atoms with E-state index in [1.54, 1.807) is 11.6 Å². The second kappa shape index (κ2) is 6.98. The maximum atomic E-state index is 13.0. The number of hydrogen-bond donors (Lipinski definition) is 1. The molecule has 2 amide bonds. The largest absolute Gasteiger partial charge is 0.480 e. The number of aliphatic carboxylic acids is 1. The standard InChI is InChI=1S/C19H28N4O4/c1-12-16(13(2)21(4)20-12)17(25)22-9-7-19(8-10-22)6-5-15(24)23(11-19)14(3)18(26)27/h14H,5-11H2,1-4H3,(H,26,27). The highest BCUT2D eigenvalue weighted by Gasteiger charge is 2.44. The second-order valence-corrected chi connectivity index (χ2v) is 8.00. The van der Waals surface area contributed by atoms with Crippen LogP contribution in [0.25, 0.3) is 0 Å². The van der Waals surface area contributed by atoms with Gasteiger partial charge in [-0.15, -0.1) is 0 Å². The lowest BCUT2D eigenvalue weighted by Gasteiger charge is -2.48. The summed E-state index contributed by atoms with van der Waals surface area (Å²) in [7, 11) is 1.83. The van der Waals surface area contributed by atoms with E-state index >= 15 is 0 Å². The molecule has 27 heavy (non-hydrogen) atoms. The summed E-state index contributed by atoms with van der Waals surface area (Å²) < 4.78 is 1.73. The molecule has 0 aliphatic carbocycles. The van der Waals surface area contributed by atoms with Gasteiger partial charge >= 0.3 is 5.97 Å². The van der Waals surface area contributed by atoms with Crippen LogP contribution in [-0.2, 0) is 16.6 Å². The van der Waals surface area contributed by atoms with Crippen molar-refractivity contribution in [2.24, 2.45) is 12.5 Å². The van der Waals surface area contributed by atoms with Crippen molar-refractivity contribution in [3.8, 4) is 0 Å². The number of rotatable bonds is 3. The first kappa shape index (κ1) is 19.4. The highest BCUT2D eigenvalue weighted by molar-refractivity contribution is 5.96. The van der Waals surface area contributed by atoms with E-state index in [0.29, 0.717) is 31.6 Å². The van der Waals surface area contributed by atoms with Gasteiger partial charge in [-0.1, -0.05) is 0 Å². The first-order valence-electron chi connectivity index (χ1n) is 9.47. The molecule has 1 aromatic rings. The van der Waals surface area contributed by atoms with Gasteiger partial charge in [0.05, 0.1) is 11.3 Å².